The van der Waals surface area contributed by atoms with E-state index >= 15 is 0 Å². The monoisotopic (exact) mass is 742 g/mol. The molecule has 0 fully saturated rings. The molecule has 0 saturated carbocycles. The number of benzene rings is 7. The van der Waals surface area contributed by atoms with Crippen LogP contribution >= 0.6 is 0 Å². The number of fused-ring (bicyclic) bond motifs is 6. The van der Waals surface area contributed by atoms with Crippen LogP contribution in [0.4, 0.5) is 0 Å². The summed E-state index contributed by atoms with van der Waals surface area (Å²) >= 11 is 0. The molecule has 270 valence electrons. The van der Waals surface area contributed by atoms with Crippen LogP contribution in [0.3, 0.4) is 0 Å². The van der Waals surface area contributed by atoms with Gasteiger partial charge in [-0.2, -0.15) is 15.8 Å². The fourth-order valence-corrected chi connectivity index (χ4v) is 8.41. The van der Waals surface area contributed by atoms with Crippen molar-refractivity contribution in [1.29, 1.82) is 15.8 Å². The van der Waals surface area contributed by atoms with Gasteiger partial charge in [-0.15, -0.1) is 0 Å². The van der Waals surface area contributed by atoms with Crippen LogP contribution in [0.5, 0.6) is 0 Å². The summed E-state index contributed by atoms with van der Waals surface area (Å²) in [6, 6.07) is 55.7. The Morgan fingerprint density at radius 2 is 0.828 bits per heavy atom. The lowest BCUT2D eigenvalue weighted by atomic mass is 9.99. The molecule has 0 saturated heterocycles. The Labute approximate surface area is 333 Å². The van der Waals surface area contributed by atoms with Gasteiger partial charge in [0.25, 0.3) is 0 Å². The number of rotatable bonds is 5. The maximum absolute atomic E-state index is 10.9. The number of hydrogen-bond donors (Lipinski definition) is 0. The average molecular weight is 743 g/mol. The Bertz CT molecular complexity index is 3450. The van der Waals surface area contributed by atoms with Gasteiger partial charge < -0.3 is 9.13 Å². The van der Waals surface area contributed by atoms with Crippen LogP contribution in [-0.2, 0) is 0 Å². The predicted octanol–water partition coefficient (Wildman–Crippen LogP) is 11.3. The first-order chi connectivity index (χ1) is 28.4. The second kappa shape index (κ2) is 13.4. The Kier molecular flexibility index (Phi) is 7.90. The second-order valence-electron chi connectivity index (χ2n) is 14.2. The molecule has 0 N–H and O–H groups in total. The van der Waals surface area contributed by atoms with Crippen molar-refractivity contribution in [3.63, 3.8) is 0 Å². The molecule has 7 aromatic carbocycles. The quantitative estimate of drug-likeness (QED) is 0.173. The van der Waals surface area contributed by atoms with Crippen LogP contribution in [0, 0.1) is 47.8 Å². The van der Waals surface area contributed by atoms with E-state index in [0.717, 1.165) is 77.2 Å². The zero-order chi connectivity index (χ0) is 39.5. The third-order valence-corrected chi connectivity index (χ3v) is 10.9. The highest BCUT2D eigenvalue weighted by molar-refractivity contribution is 6.13. The van der Waals surface area contributed by atoms with Gasteiger partial charge >= 0.3 is 0 Å². The number of hydrogen-bond acceptors (Lipinski definition) is 6. The maximum Gasteiger partial charge on any atom is 0.164 e. The lowest BCUT2D eigenvalue weighted by Gasteiger charge is -2.19. The van der Waals surface area contributed by atoms with Crippen LogP contribution in [0.15, 0.2) is 146 Å². The Morgan fingerprint density at radius 3 is 1.33 bits per heavy atom. The highest BCUT2D eigenvalue weighted by Gasteiger charge is 2.24. The van der Waals surface area contributed by atoms with Gasteiger partial charge in [0.15, 0.2) is 5.82 Å². The van der Waals surface area contributed by atoms with Gasteiger partial charge in [-0.25, -0.2) is 15.0 Å². The Morgan fingerprint density at radius 1 is 0.397 bits per heavy atom. The van der Waals surface area contributed by atoms with E-state index in [4.69, 9.17) is 9.97 Å². The lowest BCUT2D eigenvalue weighted by Crippen LogP contribution is -2.07. The summed E-state index contributed by atoms with van der Waals surface area (Å²) in [6.07, 6.45) is 0. The maximum atomic E-state index is 10.9. The molecule has 10 rings (SSSR count). The van der Waals surface area contributed by atoms with E-state index in [1.54, 1.807) is 0 Å². The molecule has 3 heterocycles. The van der Waals surface area contributed by atoms with Gasteiger partial charge in [0, 0.05) is 27.1 Å². The lowest BCUT2D eigenvalue weighted by molar-refractivity contribution is 0.927. The van der Waals surface area contributed by atoms with Crippen LogP contribution in [0.2, 0.25) is 0 Å². The summed E-state index contributed by atoms with van der Waals surface area (Å²) in [4.78, 5) is 13.9. The van der Waals surface area contributed by atoms with E-state index in [0.29, 0.717) is 39.7 Å². The van der Waals surface area contributed by atoms with Crippen LogP contribution in [0.25, 0.3) is 88.6 Å². The molecule has 8 nitrogen and oxygen atoms in total. The molecule has 0 amide bonds. The van der Waals surface area contributed by atoms with E-state index in [1.807, 2.05) is 98.8 Å². The molecule has 0 unspecified atom stereocenters. The van der Waals surface area contributed by atoms with Crippen molar-refractivity contribution >= 4 is 43.6 Å². The third kappa shape index (κ3) is 5.31. The molecule has 58 heavy (non-hydrogen) atoms. The Balaban J connectivity index is 1.37. The van der Waals surface area contributed by atoms with Gasteiger partial charge in [-0.05, 0) is 84.6 Å². The van der Waals surface area contributed by atoms with E-state index in [1.165, 1.54) is 0 Å². The smallest absolute Gasteiger partial charge is 0.164 e. The minimum Gasteiger partial charge on any atom is -0.307 e. The van der Waals surface area contributed by atoms with Gasteiger partial charge in [0.2, 0.25) is 0 Å². The topological polar surface area (TPSA) is 120 Å². The van der Waals surface area contributed by atoms with Gasteiger partial charge in [-0.3, -0.25) is 0 Å². The highest BCUT2D eigenvalue weighted by Crippen LogP contribution is 2.42. The molecule has 10 aromatic rings. The van der Waals surface area contributed by atoms with Crippen molar-refractivity contribution in [3.8, 4) is 63.2 Å². The highest BCUT2D eigenvalue weighted by atomic mass is 15.1. The van der Waals surface area contributed by atoms with Crippen LogP contribution < -0.4 is 0 Å². The first kappa shape index (κ1) is 34.1. The first-order valence-electron chi connectivity index (χ1n) is 18.8. The normalized spacial score (nSPS) is 11.2. The summed E-state index contributed by atoms with van der Waals surface area (Å²) in [5, 5.41) is 35.2. The summed E-state index contributed by atoms with van der Waals surface area (Å²) in [5.41, 5.74) is 11.0. The average Bonchev–Trinajstić information content (AvgIpc) is 3.77. The van der Waals surface area contributed by atoms with Crippen molar-refractivity contribution in [2.24, 2.45) is 0 Å². The van der Waals surface area contributed by atoms with E-state index in [-0.39, 0.29) is 0 Å². The van der Waals surface area contributed by atoms with Crippen molar-refractivity contribution in [2.45, 2.75) is 13.8 Å². The van der Waals surface area contributed by atoms with Crippen molar-refractivity contribution in [2.75, 3.05) is 0 Å². The molecule has 0 aliphatic carbocycles. The minimum atomic E-state index is 0.407. The minimum absolute atomic E-state index is 0.407. The first-order valence-corrected chi connectivity index (χ1v) is 18.8. The summed E-state index contributed by atoms with van der Waals surface area (Å²) in [5.74, 6) is 1.53. The number of aromatic nitrogens is 5. The number of para-hydroxylation sites is 2. The second-order valence-corrected chi connectivity index (χ2v) is 14.2. The molecule has 0 aliphatic rings. The van der Waals surface area contributed by atoms with Crippen molar-refractivity contribution < 1.29 is 0 Å². The Hall–Kier alpha value is -8.38. The SMILES string of the molecule is Cc1nc(C)nc(-c2cc(-n3c4ccccc4c4ccc(-c5ccccc5C#N)cc43)c(-n3c4ccccc4c4ccc(-c5ccccc5C#N)cc43)cc2C#N)n1. The van der Waals surface area contributed by atoms with Crippen LogP contribution in [0.1, 0.15) is 28.3 Å². The molecule has 0 aliphatic heterocycles. The molecule has 8 heteroatoms. The van der Waals surface area contributed by atoms with Gasteiger partial charge in [0.1, 0.15) is 11.6 Å². The molecule has 0 atom stereocenters. The molecular formula is C50H30N8. The molecular weight excluding hydrogens is 713 g/mol. The molecule has 3 aromatic heterocycles. The predicted molar refractivity (Wildman–Crippen MR) is 228 cm³/mol. The van der Waals surface area contributed by atoms with Crippen molar-refractivity contribution in [3.05, 3.63) is 174 Å². The molecule has 0 radical (unpaired) electrons. The fraction of sp³-hybridized carbons (Fsp3) is 0.0400. The standard InChI is InChI=1S/C50H30N8/c1-30-54-31(2)56-50(55-30)43-26-49(58-45-18-10-8-16-40(45)42-22-20-33(24-47(42)58)38-14-6-4-12-35(38)28-52)48(25-36(43)29-53)57-44-17-9-7-15-39(44)41-21-19-32(23-46(41)57)37-13-5-3-11-34(37)27-51/h3-26H,1-2H3. The molecule has 0 spiro atoms. The van der Waals surface area contributed by atoms with E-state index in [9.17, 15) is 15.8 Å². The van der Waals surface area contributed by atoms with Crippen LogP contribution in [-0.4, -0.2) is 24.1 Å². The summed E-state index contributed by atoms with van der Waals surface area (Å²) in [7, 11) is 0. The van der Waals surface area contributed by atoms with E-state index < -0.39 is 0 Å². The third-order valence-electron chi connectivity index (χ3n) is 10.9. The summed E-state index contributed by atoms with van der Waals surface area (Å²) < 4.78 is 4.47. The fourth-order valence-electron chi connectivity index (χ4n) is 8.41. The zero-order valence-corrected chi connectivity index (χ0v) is 31.4. The summed E-state index contributed by atoms with van der Waals surface area (Å²) in [6.45, 7) is 3.65. The van der Waals surface area contributed by atoms with Crippen molar-refractivity contribution in [1.82, 2.24) is 24.1 Å². The number of aryl methyl sites for hydroxylation is 2. The van der Waals surface area contributed by atoms with E-state index in [2.05, 4.69) is 93.0 Å². The number of nitriles is 3. The number of nitrogens with zero attached hydrogens (tertiary/aromatic N) is 8. The molecule has 0 bridgehead atoms. The zero-order valence-electron chi connectivity index (χ0n) is 31.4. The largest absolute Gasteiger partial charge is 0.307 e. The van der Waals surface area contributed by atoms with Gasteiger partial charge in [0.05, 0.1) is 68.3 Å². The van der Waals surface area contributed by atoms with Gasteiger partial charge in [-0.1, -0.05) is 97.1 Å².